The molecule has 1 heterocycles. The topological polar surface area (TPSA) is 109 Å². The Morgan fingerprint density at radius 3 is 3.20 bits per heavy atom. The third-order valence-corrected chi connectivity index (χ3v) is 1.79. The molecule has 0 bridgehead atoms. The second kappa shape index (κ2) is 5.61. The average Bonchev–Trinajstić information content (AvgIpc) is 2.76. The van der Waals surface area contributed by atoms with Gasteiger partial charge in [-0.1, -0.05) is 5.11 Å². The third-order valence-electron chi connectivity index (χ3n) is 1.79. The summed E-state index contributed by atoms with van der Waals surface area (Å²) in [6.07, 6.45) is 2.83. The fourth-order valence-corrected chi connectivity index (χ4v) is 0.959. The first-order valence-corrected chi connectivity index (χ1v) is 4.38. The summed E-state index contributed by atoms with van der Waals surface area (Å²) in [6, 6.07) is -0.418. The predicted molar refractivity (Wildman–Crippen MR) is 51.8 cm³/mol. The molecule has 0 aromatic carbocycles. The molecule has 0 spiro atoms. The number of carbonyl (C=O) groups excluding carboxylic acids is 1. The van der Waals surface area contributed by atoms with Crippen LogP contribution in [0.3, 0.4) is 0 Å². The van der Waals surface area contributed by atoms with Gasteiger partial charge in [-0.3, -0.25) is 4.79 Å². The van der Waals surface area contributed by atoms with Crippen LogP contribution in [0.2, 0.25) is 0 Å². The molecule has 0 aliphatic rings. The van der Waals surface area contributed by atoms with Crippen LogP contribution in [0.1, 0.15) is 13.0 Å². The highest BCUT2D eigenvalue weighted by Gasteiger charge is 2.13. The van der Waals surface area contributed by atoms with E-state index in [4.69, 9.17) is 5.53 Å². The molecule has 1 amide bonds. The highest BCUT2D eigenvalue weighted by atomic mass is 16.2. The monoisotopic (exact) mass is 209 g/mol. The highest BCUT2D eigenvalue weighted by Crippen LogP contribution is 2.00. The quantitative estimate of drug-likeness (QED) is 0.325. The van der Waals surface area contributed by atoms with E-state index in [0.717, 1.165) is 0 Å². The molecule has 8 heteroatoms. The maximum Gasteiger partial charge on any atom is 0.244 e. The molecule has 1 unspecified atom stereocenters. The molecule has 0 fully saturated rings. The summed E-state index contributed by atoms with van der Waals surface area (Å²) in [5.74, 6) is -0.186. The molecule has 0 aliphatic carbocycles. The molecule has 0 radical (unpaired) electrons. The number of amides is 1. The molecule has 15 heavy (non-hydrogen) atoms. The maximum atomic E-state index is 11.5. The summed E-state index contributed by atoms with van der Waals surface area (Å²) in [4.78, 5) is 17.8. The molecule has 8 nitrogen and oxygen atoms in total. The molecule has 0 aliphatic heterocycles. The van der Waals surface area contributed by atoms with Gasteiger partial charge in [-0.05, 0) is 12.5 Å². The lowest BCUT2D eigenvalue weighted by Crippen LogP contribution is -2.32. The molecule has 0 saturated heterocycles. The van der Waals surface area contributed by atoms with E-state index in [-0.39, 0.29) is 12.5 Å². The van der Waals surface area contributed by atoms with Crippen molar-refractivity contribution >= 4 is 5.91 Å². The van der Waals surface area contributed by atoms with Gasteiger partial charge in [0, 0.05) is 18.0 Å². The maximum absolute atomic E-state index is 11.5. The zero-order chi connectivity index (χ0) is 11.1. The van der Waals surface area contributed by atoms with Crippen molar-refractivity contribution in [2.75, 3.05) is 13.1 Å². The van der Waals surface area contributed by atoms with Gasteiger partial charge in [-0.25, -0.2) is 9.67 Å². The normalized spacial score (nSPS) is 11.5. The lowest BCUT2D eigenvalue weighted by atomic mass is 10.3. The number of nitrogens with one attached hydrogen (secondary N) is 1. The number of hydrogen-bond acceptors (Lipinski definition) is 4. The first-order valence-electron chi connectivity index (χ1n) is 4.38. The van der Waals surface area contributed by atoms with Gasteiger partial charge < -0.3 is 5.32 Å². The summed E-state index contributed by atoms with van der Waals surface area (Å²) in [7, 11) is 0. The van der Waals surface area contributed by atoms with E-state index in [0.29, 0.717) is 6.54 Å². The van der Waals surface area contributed by atoms with Crippen molar-refractivity contribution in [2.24, 2.45) is 5.11 Å². The van der Waals surface area contributed by atoms with Gasteiger partial charge in [0.05, 0.1) is 0 Å². The SMILES string of the molecule is CC(C(=O)NCCN=[N+]=[N-])n1cncn1. The van der Waals surface area contributed by atoms with Gasteiger partial charge in [0.25, 0.3) is 0 Å². The van der Waals surface area contributed by atoms with Gasteiger partial charge in [-0.15, -0.1) is 0 Å². The van der Waals surface area contributed by atoms with Crippen LogP contribution in [0, 0.1) is 0 Å². The van der Waals surface area contributed by atoms with Crippen molar-refractivity contribution in [3.05, 3.63) is 23.1 Å². The number of azide groups is 1. The largest absolute Gasteiger partial charge is 0.354 e. The second-order valence-electron chi connectivity index (χ2n) is 2.80. The van der Waals surface area contributed by atoms with Crippen molar-refractivity contribution in [3.63, 3.8) is 0 Å². The van der Waals surface area contributed by atoms with E-state index in [1.165, 1.54) is 17.3 Å². The Bertz CT molecular complexity index is 353. The van der Waals surface area contributed by atoms with Crippen LogP contribution in [0.25, 0.3) is 10.4 Å². The first-order chi connectivity index (χ1) is 7.25. The molecule has 1 atom stereocenters. The fraction of sp³-hybridized carbons (Fsp3) is 0.571. The minimum atomic E-state index is -0.418. The zero-order valence-electron chi connectivity index (χ0n) is 8.24. The third kappa shape index (κ3) is 3.28. The van der Waals surface area contributed by atoms with E-state index in [1.54, 1.807) is 6.92 Å². The molecule has 80 valence electrons. The van der Waals surface area contributed by atoms with Crippen molar-refractivity contribution in [2.45, 2.75) is 13.0 Å². The van der Waals surface area contributed by atoms with Gasteiger partial charge in [-0.2, -0.15) is 5.10 Å². The lowest BCUT2D eigenvalue weighted by molar-refractivity contribution is -0.124. The standard InChI is InChI=1S/C7H11N7O/c1-6(14-5-9-4-12-14)7(15)10-2-3-11-13-8/h4-6H,2-3H2,1H3,(H,10,15). The number of hydrogen-bond donors (Lipinski definition) is 1. The van der Waals surface area contributed by atoms with Crippen molar-refractivity contribution in [1.29, 1.82) is 0 Å². The van der Waals surface area contributed by atoms with Crippen LogP contribution in [0.5, 0.6) is 0 Å². The molecular formula is C7H11N7O. The number of carbonyl (C=O) groups is 1. The molecule has 1 rings (SSSR count). The Morgan fingerprint density at radius 2 is 2.60 bits per heavy atom. The molecule has 1 N–H and O–H groups in total. The fourth-order valence-electron chi connectivity index (χ4n) is 0.959. The van der Waals surface area contributed by atoms with Gasteiger partial charge >= 0.3 is 0 Å². The molecule has 1 aromatic rings. The van der Waals surface area contributed by atoms with E-state index < -0.39 is 6.04 Å². The summed E-state index contributed by atoms with van der Waals surface area (Å²) < 4.78 is 1.45. The predicted octanol–water partition coefficient (Wildman–Crippen LogP) is 0.266. The Balaban J connectivity index is 2.37. The van der Waals surface area contributed by atoms with Gasteiger partial charge in [0.1, 0.15) is 18.7 Å². The average molecular weight is 209 g/mol. The highest BCUT2D eigenvalue weighted by molar-refractivity contribution is 5.79. The van der Waals surface area contributed by atoms with E-state index >= 15 is 0 Å². The molecule has 0 saturated carbocycles. The van der Waals surface area contributed by atoms with Gasteiger partial charge in [0.15, 0.2) is 0 Å². The van der Waals surface area contributed by atoms with E-state index in [9.17, 15) is 4.79 Å². The van der Waals surface area contributed by atoms with Crippen LogP contribution < -0.4 is 5.32 Å². The van der Waals surface area contributed by atoms with Crippen LogP contribution in [0.15, 0.2) is 17.8 Å². The lowest BCUT2D eigenvalue weighted by Gasteiger charge is -2.10. The Morgan fingerprint density at radius 1 is 1.80 bits per heavy atom. The van der Waals surface area contributed by atoms with Crippen LogP contribution in [-0.4, -0.2) is 33.8 Å². The Labute approximate surface area is 85.9 Å². The first kappa shape index (κ1) is 11.0. The Hall–Kier alpha value is -2.08. The van der Waals surface area contributed by atoms with E-state index in [1.807, 2.05) is 0 Å². The minimum absolute atomic E-state index is 0.186. The summed E-state index contributed by atoms with van der Waals surface area (Å²) in [5, 5.41) is 9.75. The zero-order valence-corrected chi connectivity index (χ0v) is 8.24. The van der Waals surface area contributed by atoms with Crippen LogP contribution in [-0.2, 0) is 4.79 Å². The summed E-state index contributed by atoms with van der Waals surface area (Å²) in [5.41, 5.74) is 8.01. The summed E-state index contributed by atoms with van der Waals surface area (Å²) in [6.45, 7) is 2.27. The summed E-state index contributed by atoms with van der Waals surface area (Å²) >= 11 is 0. The number of nitrogens with zero attached hydrogens (tertiary/aromatic N) is 6. The minimum Gasteiger partial charge on any atom is -0.354 e. The smallest absolute Gasteiger partial charge is 0.244 e. The molecular weight excluding hydrogens is 198 g/mol. The van der Waals surface area contributed by atoms with Crippen molar-refractivity contribution < 1.29 is 4.79 Å². The molecule has 1 aromatic heterocycles. The van der Waals surface area contributed by atoms with Crippen molar-refractivity contribution in [3.8, 4) is 0 Å². The number of rotatable bonds is 5. The van der Waals surface area contributed by atoms with Crippen LogP contribution in [0.4, 0.5) is 0 Å². The number of aromatic nitrogens is 3. The Kier molecular flexibility index (Phi) is 4.11. The van der Waals surface area contributed by atoms with Gasteiger partial charge in [0.2, 0.25) is 5.91 Å². The van der Waals surface area contributed by atoms with Crippen LogP contribution >= 0.6 is 0 Å². The van der Waals surface area contributed by atoms with Crippen molar-refractivity contribution in [1.82, 2.24) is 20.1 Å². The second-order valence-corrected chi connectivity index (χ2v) is 2.80. The van der Waals surface area contributed by atoms with E-state index in [2.05, 4.69) is 25.4 Å².